The van der Waals surface area contributed by atoms with E-state index in [2.05, 4.69) is 20.3 Å². The van der Waals surface area contributed by atoms with E-state index in [1.54, 1.807) is 24.8 Å². The fourth-order valence-electron chi connectivity index (χ4n) is 2.21. The van der Waals surface area contributed by atoms with E-state index < -0.39 is 0 Å². The van der Waals surface area contributed by atoms with Crippen molar-refractivity contribution in [2.24, 2.45) is 0 Å². The molecule has 0 aliphatic heterocycles. The van der Waals surface area contributed by atoms with Crippen molar-refractivity contribution in [3.05, 3.63) is 54.0 Å². The molecule has 0 saturated heterocycles. The van der Waals surface area contributed by atoms with E-state index in [0.717, 1.165) is 21.5 Å². The van der Waals surface area contributed by atoms with Crippen molar-refractivity contribution < 1.29 is 9.26 Å². The van der Waals surface area contributed by atoms with Crippen molar-refractivity contribution in [1.29, 1.82) is 0 Å². The Labute approximate surface area is 151 Å². The van der Waals surface area contributed by atoms with Gasteiger partial charge in [-0.3, -0.25) is 4.57 Å². The molecule has 0 atom stereocenters. The maximum atomic E-state index is 5.32. The summed E-state index contributed by atoms with van der Waals surface area (Å²) < 4.78 is 12.5. The van der Waals surface area contributed by atoms with E-state index in [9.17, 15) is 0 Å². The summed E-state index contributed by atoms with van der Waals surface area (Å²) in [5, 5.41) is 14.9. The van der Waals surface area contributed by atoms with E-state index in [1.165, 1.54) is 11.8 Å². The summed E-state index contributed by atoms with van der Waals surface area (Å²) in [6.45, 7) is 0. The van der Waals surface area contributed by atoms with Crippen molar-refractivity contribution >= 4 is 23.1 Å². The fourth-order valence-corrected chi connectivity index (χ4v) is 3.62. The molecule has 4 aromatic rings. The zero-order valence-electron chi connectivity index (χ0n) is 13.2. The van der Waals surface area contributed by atoms with Crippen LogP contribution >= 0.6 is 23.1 Å². The third-order valence-corrected chi connectivity index (χ3v) is 5.18. The molecular formula is C16H13N5O2S2. The maximum absolute atomic E-state index is 5.32. The Balaban J connectivity index is 1.50. The second kappa shape index (κ2) is 7.08. The Bertz CT molecular complexity index is 965. The Hall–Kier alpha value is -2.65. The monoisotopic (exact) mass is 371 g/mol. The van der Waals surface area contributed by atoms with Gasteiger partial charge in [0.2, 0.25) is 11.7 Å². The number of methoxy groups -OCH3 is 1. The molecule has 0 aliphatic rings. The second-order valence-electron chi connectivity index (χ2n) is 4.96. The van der Waals surface area contributed by atoms with Crippen LogP contribution < -0.4 is 4.74 Å². The van der Waals surface area contributed by atoms with Crippen LogP contribution in [0.5, 0.6) is 5.75 Å². The number of benzene rings is 1. The molecule has 0 amide bonds. The van der Waals surface area contributed by atoms with Crippen LogP contribution in [-0.2, 0) is 5.75 Å². The van der Waals surface area contributed by atoms with Gasteiger partial charge in [-0.1, -0.05) is 29.1 Å². The first kappa shape index (κ1) is 15.9. The smallest absolute Gasteiger partial charge is 0.237 e. The van der Waals surface area contributed by atoms with E-state index in [-0.39, 0.29) is 0 Å². The molecule has 7 nitrogen and oxygen atoms in total. The van der Waals surface area contributed by atoms with Crippen LogP contribution in [0.1, 0.15) is 5.89 Å². The van der Waals surface area contributed by atoms with Gasteiger partial charge in [-0.05, 0) is 23.6 Å². The minimum absolute atomic E-state index is 0.515. The minimum atomic E-state index is 0.515. The predicted octanol–water partition coefficient (Wildman–Crippen LogP) is 3.68. The first-order valence-corrected chi connectivity index (χ1v) is 9.24. The molecule has 3 aromatic heterocycles. The molecule has 0 fully saturated rings. The molecule has 0 N–H and O–H groups in total. The third-order valence-electron chi connectivity index (χ3n) is 3.38. The summed E-state index contributed by atoms with van der Waals surface area (Å²) in [6.07, 6.45) is 1.67. The van der Waals surface area contributed by atoms with Crippen LogP contribution in [-0.4, -0.2) is 32.0 Å². The van der Waals surface area contributed by atoms with Gasteiger partial charge in [0.25, 0.3) is 0 Å². The van der Waals surface area contributed by atoms with Gasteiger partial charge >= 0.3 is 0 Å². The highest BCUT2D eigenvalue weighted by molar-refractivity contribution is 7.98. The van der Waals surface area contributed by atoms with Crippen LogP contribution in [0, 0.1) is 0 Å². The molecule has 126 valence electrons. The van der Waals surface area contributed by atoms with Gasteiger partial charge in [-0.2, -0.15) is 4.98 Å². The number of hydrogen-bond donors (Lipinski definition) is 0. The lowest BCUT2D eigenvalue weighted by molar-refractivity contribution is 0.391. The lowest BCUT2D eigenvalue weighted by Gasteiger charge is -2.07. The summed E-state index contributed by atoms with van der Waals surface area (Å²) >= 11 is 3.06. The number of thiophene rings is 1. The van der Waals surface area contributed by atoms with Gasteiger partial charge in [0.05, 0.1) is 23.4 Å². The van der Waals surface area contributed by atoms with Gasteiger partial charge in [-0.25, -0.2) is 0 Å². The number of thioether (sulfide) groups is 1. The molecule has 1 aromatic carbocycles. The minimum Gasteiger partial charge on any atom is -0.497 e. The van der Waals surface area contributed by atoms with Gasteiger partial charge in [-0.15, -0.1) is 21.5 Å². The van der Waals surface area contributed by atoms with Crippen LogP contribution in [0.3, 0.4) is 0 Å². The largest absolute Gasteiger partial charge is 0.497 e. The van der Waals surface area contributed by atoms with Gasteiger partial charge in [0.15, 0.2) is 5.16 Å². The Kier molecular flexibility index (Phi) is 4.49. The number of hydrogen-bond acceptors (Lipinski definition) is 8. The molecule has 0 unspecified atom stereocenters. The number of ether oxygens (including phenoxy) is 1. The third kappa shape index (κ3) is 3.42. The summed E-state index contributed by atoms with van der Waals surface area (Å²) in [5.41, 5.74) is 0.927. The standard InChI is InChI=1S/C16H13N5O2S2/c1-22-12-5-2-4-11(8-12)21-10-17-19-16(21)25-9-14-18-15(20-23-14)13-6-3-7-24-13/h2-8,10H,9H2,1H3. The fraction of sp³-hybridized carbons (Fsp3) is 0.125. The van der Waals surface area contributed by atoms with Crippen molar-refractivity contribution in [1.82, 2.24) is 24.9 Å². The molecule has 0 aliphatic carbocycles. The Morgan fingerprint density at radius 1 is 1.28 bits per heavy atom. The highest BCUT2D eigenvalue weighted by Crippen LogP contribution is 2.26. The zero-order chi connectivity index (χ0) is 17.1. The lowest BCUT2D eigenvalue weighted by atomic mass is 10.3. The second-order valence-corrected chi connectivity index (χ2v) is 6.85. The van der Waals surface area contributed by atoms with E-state index in [1.807, 2.05) is 46.3 Å². The molecule has 0 spiro atoms. The van der Waals surface area contributed by atoms with Crippen molar-refractivity contribution in [2.45, 2.75) is 10.9 Å². The normalized spacial score (nSPS) is 10.9. The Morgan fingerprint density at radius 2 is 2.24 bits per heavy atom. The molecule has 0 radical (unpaired) electrons. The predicted molar refractivity (Wildman–Crippen MR) is 95.1 cm³/mol. The topological polar surface area (TPSA) is 78.9 Å². The van der Waals surface area contributed by atoms with Crippen LogP contribution in [0.4, 0.5) is 0 Å². The number of nitrogens with zero attached hydrogens (tertiary/aromatic N) is 5. The van der Waals surface area contributed by atoms with E-state index >= 15 is 0 Å². The molecule has 0 saturated carbocycles. The molecule has 3 heterocycles. The van der Waals surface area contributed by atoms with Gasteiger partial charge in [0, 0.05) is 6.07 Å². The van der Waals surface area contributed by atoms with Crippen LogP contribution in [0.25, 0.3) is 16.4 Å². The summed E-state index contributed by atoms with van der Waals surface area (Å²) in [4.78, 5) is 5.40. The molecule has 25 heavy (non-hydrogen) atoms. The first-order chi connectivity index (χ1) is 12.3. The quantitative estimate of drug-likeness (QED) is 0.478. The summed E-state index contributed by atoms with van der Waals surface area (Å²) in [7, 11) is 1.64. The number of aromatic nitrogens is 5. The average molecular weight is 371 g/mol. The SMILES string of the molecule is COc1cccc(-n2cnnc2SCc2nc(-c3cccs3)no2)c1. The van der Waals surface area contributed by atoms with E-state index in [4.69, 9.17) is 9.26 Å². The zero-order valence-corrected chi connectivity index (χ0v) is 14.8. The average Bonchev–Trinajstić information content (AvgIpc) is 3.40. The molecule has 0 bridgehead atoms. The van der Waals surface area contributed by atoms with Crippen molar-refractivity contribution in [3.63, 3.8) is 0 Å². The van der Waals surface area contributed by atoms with Crippen LogP contribution in [0.15, 0.2) is 57.8 Å². The maximum Gasteiger partial charge on any atom is 0.237 e. The van der Waals surface area contributed by atoms with E-state index in [0.29, 0.717) is 17.5 Å². The summed E-state index contributed by atoms with van der Waals surface area (Å²) in [5.74, 6) is 2.45. The van der Waals surface area contributed by atoms with Crippen LogP contribution in [0.2, 0.25) is 0 Å². The Morgan fingerprint density at radius 3 is 3.08 bits per heavy atom. The summed E-state index contributed by atoms with van der Waals surface area (Å²) in [6, 6.07) is 11.6. The highest BCUT2D eigenvalue weighted by atomic mass is 32.2. The lowest BCUT2D eigenvalue weighted by Crippen LogP contribution is -1.96. The van der Waals surface area contributed by atoms with Gasteiger partial charge in [0.1, 0.15) is 12.1 Å². The highest BCUT2D eigenvalue weighted by Gasteiger charge is 2.13. The number of rotatable bonds is 6. The molecular weight excluding hydrogens is 358 g/mol. The van der Waals surface area contributed by atoms with Gasteiger partial charge < -0.3 is 9.26 Å². The van der Waals surface area contributed by atoms with Crippen molar-refractivity contribution in [3.8, 4) is 22.1 Å². The molecule has 4 rings (SSSR count). The first-order valence-electron chi connectivity index (χ1n) is 7.37. The molecule has 9 heteroatoms. The van der Waals surface area contributed by atoms with Crippen molar-refractivity contribution in [2.75, 3.05) is 7.11 Å².